The normalized spacial score (nSPS) is 11.9. The molecule has 0 aliphatic rings. The van der Waals surface area contributed by atoms with Gasteiger partial charge in [-0.25, -0.2) is 4.98 Å². The molecule has 0 amide bonds. The lowest BCUT2D eigenvalue weighted by atomic mass is 9.96. The smallest absolute Gasteiger partial charge is 0.0956 e. The fraction of sp³-hybridized carbons (Fsp3) is 0.400. The minimum absolute atomic E-state index is 0.158. The van der Waals surface area contributed by atoms with Crippen molar-refractivity contribution in [1.82, 2.24) is 9.55 Å². The zero-order chi connectivity index (χ0) is 14.9. The average molecular weight is 312 g/mol. The molecule has 3 nitrogen and oxygen atoms in total. The molecule has 5 heteroatoms. The average Bonchev–Trinajstić information content (AvgIpc) is 2.69. The quantitative estimate of drug-likeness (QED) is 0.915. The number of nitrogens with zero attached hydrogens (tertiary/aromatic N) is 2. The van der Waals surface area contributed by atoms with E-state index < -0.39 is 0 Å². The summed E-state index contributed by atoms with van der Waals surface area (Å²) in [6, 6.07) is 5.42. The Kier molecular flexibility index (Phi) is 4.43. The van der Waals surface area contributed by atoms with Crippen LogP contribution < -0.4 is 5.73 Å². The molecule has 1 aromatic carbocycles. The molecule has 1 heterocycles. The van der Waals surface area contributed by atoms with Gasteiger partial charge < -0.3 is 10.3 Å². The number of benzene rings is 1. The lowest BCUT2D eigenvalue weighted by molar-refractivity contribution is 0.339. The summed E-state index contributed by atoms with van der Waals surface area (Å²) in [7, 11) is 0. The number of aromatic nitrogens is 2. The highest BCUT2D eigenvalue weighted by atomic mass is 35.5. The third-order valence-corrected chi connectivity index (χ3v) is 3.52. The Morgan fingerprint density at radius 3 is 2.50 bits per heavy atom. The number of hydrogen-bond donors (Lipinski definition) is 1. The monoisotopic (exact) mass is 311 g/mol. The molecule has 0 aliphatic heterocycles. The maximum absolute atomic E-state index is 6.26. The SMILES string of the molecule is CC(C)(C)Cn1cnc(-c2ccc(Cl)cc2Cl)c1CN. The van der Waals surface area contributed by atoms with E-state index in [0.29, 0.717) is 16.6 Å². The second-order valence-electron chi connectivity index (χ2n) is 6.06. The van der Waals surface area contributed by atoms with Crippen molar-refractivity contribution in [1.29, 1.82) is 0 Å². The molecule has 0 saturated heterocycles. The summed E-state index contributed by atoms with van der Waals surface area (Å²) in [5.74, 6) is 0. The van der Waals surface area contributed by atoms with E-state index in [2.05, 4.69) is 30.3 Å². The van der Waals surface area contributed by atoms with Crippen molar-refractivity contribution >= 4 is 23.2 Å². The van der Waals surface area contributed by atoms with Crippen LogP contribution in [0.5, 0.6) is 0 Å². The lowest BCUT2D eigenvalue weighted by Crippen LogP contribution is -2.18. The van der Waals surface area contributed by atoms with Crippen LogP contribution in [-0.4, -0.2) is 9.55 Å². The van der Waals surface area contributed by atoms with Gasteiger partial charge in [0, 0.05) is 23.7 Å². The Balaban J connectivity index is 2.47. The van der Waals surface area contributed by atoms with Gasteiger partial charge in [-0.3, -0.25) is 0 Å². The van der Waals surface area contributed by atoms with Crippen LogP contribution in [-0.2, 0) is 13.1 Å². The molecule has 0 bridgehead atoms. The molecule has 0 atom stereocenters. The van der Waals surface area contributed by atoms with Gasteiger partial charge in [0.05, 0.1) is 22.7 Å². The van der Waals surface area contributed by atoms with Gasteiger partial charge >= 0.3 is 0 Å². The zero-order valence-electron chi connectivity index (χ0n) is 12.0. The molecule has 20 heavy (non-hydrogen) atoms. The summed E-state index contributed by atoms with van der Waals surface area (Å²) in [5, 5.41) is 1.20. The summed E-state index contributed by atoms with van der Waals surface area (Å²) in [4.78, 5) is 4.49. The zero-order valence-corrected chi connectivity index (χ0v) is 13.5. The predicted octanol–water partition coefficient (Wildman–Crippen LogP) is 4.36. The highest BCUT2D eigenvalue weighted by Crippen LogP contribution is 2.32. The maximum Gasteiger partial charge on any atom is 0.0956 e. The minimum Gasteiger partial charge on any atom is -0.332 e. The highest BCUT2D eigenvalue weighted by molar-refractivity contribution is 6.36. The summed E-state index contributed by atoms with van der Waals surface area (Å²) in [6.07, 6.45) is 1.83. The molecule has 2 aromatic rings. The molecular formula is C15H19Cl2N3. The van der Waals surface area contributed by atoms with Crippen LogP contribution in [0.1, 0.15) is 26.5 Å². The van der Waals surface area contributed by atoms with Crippen molar-refractivity contribution in [2.75, 3.05) is 0 Å². The molecule has 0 unspecified atom stereocenters. The van der Waals surface area contributed by atoms with Crippen LogP contribution >= 0.6 is 23.2 Å². The van der Waals surface area contributed by atoms with Crippen molar-refractivity contribution in [2.45, 2.75) is 33.9 Å². The van der Waals surface area contributed by atoms with Crippen LogP contribution in [0.25, 0.3) is 11.3 Å². The molecule has 2 rings (SSSR count). The largest absolute Gasteiger partial charge is 0.332 e. The molecule has 108 valence electrons. The Bertz CT molecular complexity index is 612. The third-order valence-electron chi connectivity index (χ3n) is 2.97. The summed E-state index contributed by atoms with van der Waals surface area (Å²) in [6.45, 7) is 7.83. The van der Waals surface area contributed by atoms with E-state index in [1.807, 2.05) is 18.5 Å². The Morgan fingerprint density at radius 1 is 1.25 bits per heavy atom. The van der Waals surface area contributed by atoms with Crippen LogP contribution in [0, 0.1) is 5.41 Å². The first kappa shape index (κ1) is 15.4. The second kappa shape index (κ2) is 5.76. The maximum atomic E-state index is 6.26. The van der Waals surface area contributed by atoms with Gasteiger partial charge in [-0.15, -0.1) is 0 Å². The van der Waals surface area contributed by atoms with Crippen molar-refractivity contribution in [3.63, 3.8) is 0 Å². The molecule has 0 spiro atoms. The Labute approximate surface area is 129 Å². The topological polar surface area (TPSA) is 43.8 Å². The first-order valence-electron chi connectivity index (χ1n) is 6.51. The first-order valence-corrected chi connectivity index (χ1v) is 7.27. The minimum atomic E-state index is 0.158. The predicted molar refractivity (Wildman–Crippen MR) is 85.0 cm³/mol. The second-order valence-corrected chi connectivity index (χ2v) is 6.90. The van der Waals surface area contributed by atoms with Gasteiger partial charge in [-0.2, -0.15) is 0 Å². The number of nitrogens with two attached hydrogens (primary N) is 1. The van der Waals surface area contributed by atoms with Gasteiger partial charge in [0.25, 0.3) is 0 Å². The molecule has 0 fully saturated rings. The molecule has 2 N–H and O–H groups in total. The van der Waals surface area contributed by atoms with Gasteiger partial charge in [-0.1, -0.05) is 44.0 Å². The van der Waals surface area contributed by atoms with E-state index in [1.165, 1.54) is 0 Å². The van der Waals surface area contributed by atoms with Crippen LogP contribution in [0.4, 0.5) is 0 Å². The van der Waals surface area contributed by atoms with Gasteiger partial charge in [0.2, 0.25) is 0 Å². The molecule has 1 aromatic heterocycles. The fourth-order valence-electron chi connectivity index (χ4n) is 2.18. The van der Waals surface area contributed by atoms with Crippen molar-refractivity contribution in [3.05, 3.63) is 40.3 Å². The number of hydrogen-bond acceptors (Lipinski definition) is 2. The van der Waals surface area contributed by atoms with Crippen molar-refractivity contribution in [2.24, 2.45) is 11.1 Å². The summed E-state index contributed by atoms with van der Waals surface area (Å²) >= 11 is 12.2. The Hall–Kier alpha value is -1.03. The van der Waals surface area contributed by atoms with Gasteiger partial charge in [0.1, 0.15) is 0 Å². The molecule has 0 radical (unpaired) electrons. The first-order chi connectivity index (χ1) is 9.31. The molecule has 0 aliphatic carbocycles. The van der Waals surface area contributed by atoms with Crippen LogP contribution in [0.15, 0.2) is 24.5 Å². The van der Waals surface area contributed by atoms with E-state index in [4.69, 9.17) is 28.9 Å². The summed E-state index contributed by atoms with van der Waals surface area (Å²) < 4.78 is 2.10. The number of rotatable bonds is 3. The van der Waals surface area contributed by atoms with Crippen molar-refractivity contribution in [3.8, 4) is 11.3 Å². The number of halogens is 2. The van der Waals surface area contributed by atoms with E-state index >= 15 is 0 Å². The third kappa shape index (κ3) is 3.35. The molecular weight excluding hydrogens is 293 g/mol. The molecule has 0 saturated carbocycles. The number of imidazole rings is 1. The van der Waals surface area contributed by atoms with E-state index in [1.54, 1.807) is 6.07 Å². The van der Waals surface area contributed by atoms with Crippen LogP contribution in [0.2, 0.25) is 10.0 Å². The summed E-state index contributed by atoms with van der Waals surface area (Å²) in [5.41, 5.74) is 8.75. The van der Waals surface area contributed by atoms with Crippen LogP contribution in [0.3, 0.4) is 0 Å². The van der Waals surface area contributed by atoms with Gasteiger partial charge in [-0.05, 0) is 23.6 Å². The van der Waals surface area contributed by atoms with Gasteiger partial charge in [0.15, 0.2) is 0 Å². The Morgan fingerprint density at radius 2 is 1.95 bits per heavy atom. The van der Waals surface area contributed by atoms with E-state index in [-0.39, 0.29) is 5.41 Å². The van der Waals surface area contributed by atoms with E-state index in [9.17, 15) is 0 Å². The lowest BCUT2D eigenvalue weighted by Gasteiger charge is -2.20. The van der Waals surface area contributed by atoms with Crippen molar-refractivity contribution < 1.29 is 0 Å². The van der Waals surface area contributed by atoms with E-state index in [0.717, 1.165) is 23.5 Å². The highest BCUT2D eigenvalue weighted by Gasteiger charge is 2.18. The standard InChI is InChI=1S/C15H19Cl2N3/c1-15(2,3)8-20-9-19-14(13(20)7-18)11-5-4-10(16)6-12(11)17/h4-6,9H,7-8,18H2,1-3H3. The fourth-order valence-corrected chi connectivity index (χ4v) is 2.67.